The Balaban J connectivity index is 1.93. The molecule has 0 aromatic carbocycles. The zero-order chi connectivity index (χ0) is 13.7. The van der Waals surface area contributed by atoms with Gasteiger partial charge in [-0.05, 0) is 25.8 Å². The summed E-state index contributed by atoms with van der Waals surface area (Å²) in [6.45, 7) is 4.52. The largest absolute Gasteiger partial charge is 0.369 e. The molecule has 1 saturated heterocycles. The SMILES string of the molecule is CCCNc1cnc(CN2CCCC2C(N)=O)cn1. The van der Waals surface area contributed by atoms with Gasteiger partial charge in [-0.25, -0.2) is 4.98 Å². The van der Waals surface area contributed by atoms with E-state index in [1.54, 1.807) is 12.4 Å². The normalized spacial score (nSPS) is 19.5. The van der Waals surface area contributed by atoms with Crippen molar-refractivity contribution in [1.82, 2.24) is 14.9 Å². The molecule has 1 aliphatic heterocycles. The van der Waals surface area contributed by atoms with E-state index < -0.39 is 0 Å². The van der Waals surface area contributed by atoms with E-state index in [9.17, 15) is 4.79 Å². The van der Waals surface area contributed by atoms with Crippen LogP contribution in [0.15, 0.2) is 12.4 Å². The van der Waals surface area contributed by atoms with Gasteiger partial charge in [0.1, 0.15) is 5.82 Å². The molecule has 2 rings (SSSR count). The first-order valence-corrected chi connectivity index (χ1v) is 6.79. The number of likely N-dealkylation sites (tertiary alicyclic amines) is 1. The smallest absolute Gasteiger partial charge is 0.234 e. The Kier molecular flexibility index (Phi) is 4.68. The molecule has 1 aliphatic rings. The Labute approximate surface area is 113 Å². The number of amides is 1. The molecule has 0 saturated carbocycles. The zero-order valence-electron chi connectivity index (χ0n) is 11.3. The molecular formula is C13H21N5O. The molecule has 1 fully saturated rings. The van der Waals surface area contributed by atoms with Gasteiger partial charge in [-0.15, -0.1) is 0 Å². The van der Waals surface area contributed by atoms with Crippen molar-refractivity contribution in [2.45, 2.75) is 38.8 Å². The van der Waals surface area contributed by atoms with Crippen LogP contribution in [0.5, 0.6) is 0 Å². The van der Waals surface area contributed by atoms with Crippen LogP contribution < -0.4 is 11.1 Å². The topological polar surface area (TPSA) is 84.1 Å². The highest BCUT2D eigenvalue weighted by Gasteiger charge is 2.28. The molecular weight excluding hydrogens is 242 g/mol. The third kappa shape index (κ3) is 3.64. The molecule has 6 heteroatoms. The molecule has 0 spiro atoms. The van der Waals surface area contributed by atoms with Crippen LogP contribution in [0, 0.1) is 0 Å². The molecule has 19 heavy (non-hydrogen) atoms. The van der Waals surface area contributed by atoms with Crippen molar-refractivity contribution in [2.24, 2.45) is 5.73 Å². The van der Waals surface area contributed by atoms with Crippen molar-refractivity contribution in [2.75, 3.05) is 18.4 Å². The number of hydrogen-bond acceptors (Lipinski definition) is 5. The molecule has 0 aliphatic carbocycles. The fraction of sp³-hybridized carbons (Fsp3) is 0.615. The maximum atomic E-state index is 11.3. The van der Waals surface area contributed by atoms with E-state index in [-0.39, 0.29) is 11.9 Å². The molecule has 0 radical (unpaired) electrons. The lowest BCUT2D eigenvalue weighted by Gasteiger charge is -2.21. The lowest BCUT2D eigenvalue weighted by Crippen LogP contribution is -2.39. The Morgan fingerprint density at radius 2 is 2.37 bits per heavy atom. The van der Waals surface area contributed by atoms with Gasteiger partial charge in [0.05, 0.1) is 24.1 Å². The second-order valence-electron chi connectivity index (χ2n) is 4.85. The summed E-state index contributed by atoms with van der Waals surface area (Å²) in [5.41, 5.74) is 6.26. The number of nitrogens with two attached hydrogens (primary N) is 1. The zero-order valence-corrected chi connectivity index (χ0v) is 11.3. The molecule has 1 atom stereocenters. The molecule has 6 nitrogen and oxygen atoms in total. The maximum absolute atomic E-state index is 11.3. The molecule has 0 bridgehead atoms. The van der Waals surface area contributed by atoms with Crippen LogP contribution in [0.3, 0.4) is 0 Å². The first kappa shape index (κ1) is 13.7. The fourth-order valence-corrected chi connectivity index (χ4v) is 2.33. The highest BCUT2D eigenvalue weighted by molar-refractivity contribution is 5.80. The van der Waals surface area contributed by atoms with Gasteiger partial charge in [-0.2, -0.15) is 0 Å². The second-order valence-corrected chi connectivity index (χ2v) is 4.85. The van der Waals surface area contributed by atoms with Crippen LogP contribution in [0.2, 0.25) is 0 Å². The minimum absolute atomic E-state index is 0.153. The molecule has 2 heterocycles. The van der Waals surface area contributed by atoms with Crippen molar-refractivity contribution in [1.29, 1.82) is 0 Å². The number of hydrogen-bond donors (Lipinski definition) is 2. The summed E-state index contributed by atoms with van der Waals surface area (Å²) in [7, 11) is 0. The van der Waals surface area contributed by atoms with Crippen LogP contribution in [0.1, 0.15) is 31.9 Å². The van der Waals surface area contributed by atoms with Crippen LogP contribution >= 0.6 is 0 Å². The summed E-state index contributed by atoms with van der Waals surface area (Å²) >= 11 is 0. The molecule has 1 aromatic heterocycles. The van der Waals surface area contributed by atoms with E-state index in [1.165, 1.54) is 0 Å². The van der Waals surface area contributed by atoms with Crippen LogP contribution in [0.4, 0.5) is 5.82 Å². The van der Waals surface area contributed by atoms with Gasteiger partial charge in [-0.3, -0.25) is 14.7 Å². The average Bonchev–Trinajstić information content (AvgIpc) is 2.86. The molecule has 104 valence electrons. The van der Waals surface area contributed by atoms with Crippen LogP contribution in [-0.2, 0) is 11.3 Å². The highest BCUT2D eigenvalue weighted by atomic mass is 16.1. The Morgan fingerprint density at radius 3 is 3.00 bits per heavy atom. The molecule has 1 unspecified atom stereocenters. The van der Waals surface area contributed by atoms with Gasteiger partial charge in [0.15, 0.2) is 0 Å². The lowest BCUT2D eigenvalue weighted by atomic mass is 10.2. The lowest BCUT2D eigenvalue weighted by molar-refractivity contribution is -0.122. The Bertz CT molecular complexity index is 420. The summed E-state index contributed by atoms with van der Waals surface area (Å²) < 4.78 is 0. The summed E-state index contributed by atoms with van der Waals surface area (Å²) in [4.78, 5) is 22.1. The number of carbonyl (C=O) groups excluding carboxylic acids is 1. The summed E-state index contributed by atoms with van der Waals surface area (Å²) in [5, 5.41) is 3.18. The predicted octanol–water partition coefficient (Wildman–Crippen LogP) is 0.748. The molecule has 1 aromatic rings. The summed E-state index contributed by atoms with van der Waals surface area (Å²) in [5.74, 6) is 0.546. The Morgan fingerprint density at radius 1 is 1.53 bits per heavy atom. The number of anilines is 1. The van der Waals surface area contributed by atoms with E-state index in [0.29, 0.717) is 6.54 Å². The van der Waals surface area contributed by atoms with Crippen LogP contribution in [-0.4, -0.2) is 39.9 Å². The van der Waals surface area contributed by atoms with Crippen molar-refractivity contribution < 1.29 is 4.79 Å². The Hall–Kier alpha value is -1.69. The van der Waals surface area contributed by atoms with Gasteiger partial charge in [-0.1, -0.05) is 6.92 Å². The predicted molar refractivity (Wildman–Crippen MR) is 73.4 cm³/mol. The number of primary amides is 1. The van der Waals surface area contributed by atoms with E-state index in [2.05, 4.69) is 27.1 Å². The van der Waals surface area contributed by atoms with Crippen molar-refractivity contribution in [3.05, 3.63) is 18.1 Å². The third-order valence-electron chi connectivity index (χ3n) is 3.32. The number of nitrogens with one attached hydrogen (secondary N) is 1. The maximum Gasteiger partial charge on any atom is 0.234 e. The van der Waals surface area contributed by atoms with E-state index >= 15 is 0 Å². The van der Waals surface area contributed by atoms with Gasteiger partial charge >= 0.3 is 0 Å². The van der Waals surface area contributed by atoms with E-state index in [1.807, 2.05) is 0 Å². The number of aromatic nitrogens is 2. The fourth-order valence-electron chi connectivity index (χ4n) is 2.33. The summed E-state index contributed by atoms with van der Waals surface area (Å²) in [6.07, 6.45) is 6.41. The van der Waals surface area contributed by atoms with Crippen molar-refractivity contribution in [3.8, 4) is 0 Å². The summed E-state index contributed by atoms with van der Waals surface area (Å²) in [6, 6.07) is -0.153. The minimum Gasteiger partial charge on any atom is -0.369 e. The minimum atomic E-state index is -0.244. The third-order valence-corrected chi connectivity index (χ3v) is 3.32. The highest BCUT2D eigenvalue weighted by Crippen LogP contribution is 2.19. The van der Waals surface area contributed by atoms with Crippen molar-refractivity contribution in [3.63, 3.8) is 0 Å². The number of carbonyl (C=O) groups is 1. The molecule has 3 N–H and O–H groups in total. The molecule has 1 amide bonds. The van der Waals surface area contributed by atoms with E-state index in [4.69, 9.17) is 5.73 Å². The standard InChI is InChI=1S/C13H21N5O/c1-2-5-15-12-8-16-10(7-17-12)9-18-6-3-4-11(18)13(14)19/h7-8,11H,2-6,9H2,1H3,(H2,14,19)(H,15,17). The monoisotopic (exact) mass is 263 g/mol. The number of rotatable bonds is 6. The first-order valence-electron chi connectivity index (χ1n) is 6.79. The van der Waals surface area contributed by atoms with Gasteiger partial charge in [0, 0.05) is 13.1 Å². The quantitative estimate of drug-likeness (QED) is 0.791. The van der Waals surface area contributed by atoms with Crippen LogP contribution in [0.25, 0.3) is 0 Å². The number of nitrogens with zero attached hydrogens (tertiary/aromatic N) is 3. The van der Waals surface area contributed by atoms with Crippen molar-refractivity contribution >= 4 is 11.7 Å². The second kappa shape index (κ2) is 6.47. The van der Waals surface area contributed by atoms with E-state index in [0.717, 1.165) is 43.9 Å². The van der Waals surface area contributed by atoms with Gasteiger partial charge in [0.25, 0.3) is 0 Å². The van der Waals surface area contributed by atoms with Gasteiger partial charge in [0.2, 0.25) is 5.91 Å². The average molecular weight is 263 g/mol. The first-order chi connectivity index (χ1) is 9.20. The van der Waals surface area contributed by atoms with Gasteiger partial charge < -0.3 is 11.1 Å².